The summed E-state index contributed by atoms with van der Waals surface area (Å²) in [7, 11) is 0. The average Bonchev–Trinajstić information content (AvgIpc) is 2.05. The molecule has 0 aliphatic heterocycles. The standard InChI is InChI=1S/C9H6BrNO/c10-9-3-1-2-8(6-9)4-5-11-7-12/h1-6H/b5-4+. The number of aliphatic imine (C=N–C) groups is 1. The fraction of sp³-hybridized carbons (Fsp3) is 0. The van der Waals surface area contributed by atoms with Crippen molar-refractivity contribution in [2.24, 2.45) is 4.99 Å². The van der Waals surface area contributed by atoms with Crippen molar-refractivity contribution in [2.45, 2.75) is 0 Å². The summed E-state index contributed by atoms with van der Waals surface area (Å²) in [5.74, 6) is 0. The highest BCUT2D eigenvalue weighted by molar-refractivity contribution is 9.10. The number of hydrogen-bond donors (Lipinski definition) is 0. The summed E-state index contributed by atoms with van der Waals surface area (Å²) in [5.41, 5.74) is 0.989. The minimum absolute atomic E-state index is 0.989. The van der Waals surface area contributed by atoms with Crippen LogP contribution in [-0.2, 0) is 4.79 Å². The Kier molecular flexibility index (Phi) is 3.45. The maximum absolute atomic E-state index is 9.71. The van der Waals surface area contributed by atoms with Gasteiger partial charge in [0, 0.05) is 10.7 Å². The minimum Gasteiger partial charge on any atom is -0.211 e. The lowest BCUT2D eigenvalue weighted by Crippen LogP contribution is -1.69. The Hall–Kier alpha value is -1.18. The van der Waals surface area contributed by atoms with Gasteiger partial charge in [0.05, 0.1) is 0 Å². The lowest BCUT2D eigenvalue weighted by atomic mass is 10.2. The van der Waals surface area contributed by atoms with Crippen LogP contribution in [0.15, 0.2) is 39.9 Å². The number of rotatable bonds is 2. The SMILES string of the molecule is O=C=N/C=C/c1cccc(Br)c1. The Balaban J connectivity index is 2.82. The molecule has 0 fully saturated rings. The van der Waals surface area contributed by atoms with Crippen LogP contribution in [0.2, 0.25) is 0 Å². The third kappa shape index (κ3) is 2.82. The predicted octanol–water partition coefficient (Wildman–Crippen LogP) is 2.76. The van der Waals surface area contributed by atoms with E-state index in [1.807, 2.05) is 24.3 Å². The van der Waals surface area contributed by atoms with Gasteiger partial charge in [-0.25, -0.2) is 4.79 Å². The van der Waals surface area contributed by atoms with Crippen molar-refractivity contribution in [1.29, 1.82) is 0 Å². The lowest BCUT2D eigenvalue weighted by molar-refractivity contribution is 0.565. The van der Waals surface area contributed by atoms with Crippen molar-refractivity contribution in [3.8, 4) is 0 Å². The molecule has 0 atom stereocenters. The van der Waals surface area contributed by atoms with Crippen molar-refractivity contribution in [3.63, 3.8) is 0 Å². The van der Waals surface area contributed by atoms with Crippen molar-refractivity contribution >= 4 is 28.1 Å². The first-order valence-electron chi connectivity index (χ1n) is 3.32. The van der Waals surface area contributed by atoms with Crippen LogP contribution in [0.1, 0.15) is 5.56 Å². The summed E-state index contributed by atoms with van der Waals surface area (Å²) in [6.45, 7) is 0. The molecule has 0 amide bonds. The molecule has 1 aromatic rings. The van der Waals surface area contributed by atoms with E-state index < -0.39 is 0 Å². The van der Waals surface area contributed by atoms with Crippen LogP contribution in [0.25, 0.3) is 6.08 Å². The van der Waals surface area contributed by atoms with E-state index >= 15 is 0 Å². The van der Waals surface area contributed by atoms with Gasteiger partial charge in [0.15, 0.2) is 0 Å². The van der Waals surface area contributed by atoms with Crippen molar-refractivity contribution in [2.75, 3.05) is 0 Å². The van der Waals surface area contributed by atoms with E-state index in [4.69, 9.17) is 0 Å². The van der Waals surface area contributed by atoms with Crippen molar-refractivity contribution < 1.29 is 4.79 Å². The van der Waals surface area contributed by atoms with Crippen LogP contribution < -0.4 is 0 Å². The van der Waals surface area contributed by atoms with Crippen molar-refractivity contribution in [3.05, 3.63) is 40.5 Å². The molecule has 0 unspecified atom stereocenters. The first-order chi connectivity index (χ1) is 5.83. The molecule has 0 bridgehead atoms. The molecule has 0 aliphatic rings. The number of benzene rings is 1. The average molecular weight is 224 g/mol. The van der Waals surface area contributed by atoms with E-state index in [1.165, 1.54) is 12.3 Å². The Morgan fingerprint density at radius 1 is 1.50 bits per heavy atom. The molecule has 0 spiro atoms. The van der Waals surface area contributed by atoms with E-state index in [0.717, 1.165) is 10.0 Å². The molecule has 0 saturated carbocycles. The molecule has 2 nitrogen and oxygen atoms in total. The number of halogens is 1. The molecular weight excluding hydrogens is 218 g/mol. The normalized spacial score (nSPS) is 9.75. The molecule has 0 heterocycles. The maximum atomic E-state index is 9.71. The van der Waals surface area contributed by atoms with Crippen molar-refractivity contribution in [1.82, 2.24) is 0 Å². The third-order valence-corrected chi connectivity index (χ3v) is 1.74. The molecule has 0 aromatic heterocycles. The highest BCUT2D eigenvalue weighted by atomic mass is 79.9. The van der Waals surface area contributed by atoms with Gasteiger partial charge in [-0.3, -0.25) is 0 Å². The van der Waals surface area contributed by atoms with Crippen LogP contribution >= 0.6 is 15.9 Å². The Labute approximate surface area is 78.8 Å². The summed E-state index contributed by atoms with van der Waals surface area (Å²) in [5, 5.41) is 0. The zero-order valence-electron chi connectivity index (χ0n) is 6.20. The van der Waals surface area contributed by atoms with Gasteiger partial charge >= 0.3 is 0 Å². The van der Waals surface area contributed by atoms with Crippen LogP contribution in [0.3, 0.4) is 0 Å². The molecule has 3 heteroatoms. The molecule has 1 rings (SSSR count). The molecule has 0 N–H and O–H groups in total. The molecule has 0 saturated heterocycles. The van der Waals surface area contributed by atoms with Gasteiger partial charge in [-0.05, 0) is 23.8 Å². The minimum atomic E-state index is 0.989. The van der Waals surface area contributed by atoms with Gasteiger partial charge in [0.2, 0.25) is 6.08 Å². The number of hydrogen-bond acceptors (Lipinski definition) is 2. The highest BCUT2D eigenvalue weighted by Gasteiger charge is 1.86. The Morgan fingerprint density at radius 3 is 3.00 bits per heavy atom. The molecular formula is C9H6BrNO. The zero-order valence-corrected chi connectivity index (χ0v) is 7.78. The molecule has 60 valence electrons. The van der Waals surface area contributed by atoms with Gasteiger partial charge in [-0.2, -0.15) is 4.99 Å². The first-order valence-corrected chi connectivity index (χ1v) is 4.11. The van der Waals surface area contributed by atoms with E-state index in [-0.39, 0.29) is 0 Å². The Morgan fingerprint density at radius 2 is 2.33 bits per heavy atom. The third-order valence-electron chi connectivity index (χ3n) is 1.24. The number of carbonyl (C=O) groups excluding carboxylic acids is 1. The second-order valence-electron chi connectivity index (χ2n) is 2.09. The van der Waals surface area contributed by atoms with Crippen LogP contribution in [-0.4, -0.2) is 6.08 Å². The molecule has 0 radical (unpaired) electrons. The monoisotopic (exact) mass is 223 g/mol. The summed E-state index contributed by atoms with van der Waals surface area (Å²) in [4.78, 5) is 13.0. The largest absolute Gasteiger partial charge is 0.239 e. The van der Waals surface area contributed by atoms with Gasteiger partial charge in [-0.15, -0.1) is 0 Å². The lowest BCUT2D eigenvalue weighted by Gasteiger charge is -1.91. The summed E-state index contributed by atoms with van der Waals surface area (Å²) in [6.07, 6.45) is 4.57. The zero-order chi connectivity index (χ0) is 8.81. The highest BCUT2D eigenvalue weighted by Crippen LogP contribution is 2.12. The fourth-order valence-corrected chi connectivity index (χ4v) is 1.18. The second-order valence-corrected chi connectivity index (χ2v) is 3.01. The van der Waals surface area contributed by atoms with E-state index in [9.17, 15) is 4.79 Å². The van der Waals surface area contributed by atoms with Crippen LogP contribution in [0, 0.1) is 0 Å². The van der Waals surface area contributed by atoms with Gasteiger partial charge in [0.25, 0.3) is 0 Å². The molecule has 1 aromatic carbocycles. The van der Waals surface area contributed by atoms with E-state index in [1.54, 1.807) is 6.08 Å². The quantitative estimate of drug-likeness (QED) is 0.560. The second kappa shape index (κ2) is 4.65. The van der Waals surface area contributed by atoms with Gasteiger partial charge in [-0.1, -0.05) is 28.1 Å². The summed E-state index contributed by atoms with van der Waals surface area (Å²) >= 11 is 3.33. The van der Waals surface area contributed by atoms with E-state index in [2.05, 4.69) is 20.9 Å². The summed E-state index contributed by atoms with van der Waals surface area (Å²) in [6, 6.07) is 7.69. The smallest absolute Gasteiger partial charge is 0.211 e. The first kappa shape index (κ1) is 8.91. The van der Waals surface area contributed by atoms with Crippen LogP contribution in [0.4, 0.5) is 0 Å². The Bertz CT molecular complexity index is 340. The van der Waals surface area contributed by atoms with Crippen LogP contribution in [0.5, 0.6) is 0 Å². The number of nitrogens with zero attached hydrogens (tertiary/aromatic N) is 1. The molecule has 0 aliphatic carbocycles. The maximum Gasteiger partial charge on any atom is 0.239 e. The predicted molar refractivity (Wildman–Crippen MR) is 51.3 cm³/mol. The van der Waals surface area contributed by atoms with Gasteiger partial charge < -0.3 is 0 Å². The topological polar surface area (TPSA) is 29.4 Å². The fourth-order valence-electron chi connectivity index (χ4n) is 0.764. The summed E-state index contributed by atoms with van der Waals surface area (Å²) < 4.78 is 1.000. The number of isocyanates is 1. The molecule has 12 heavy (non-hydrogen) atoms. The van der Waals surface area contributed by atoms with E-state index in [0.29, 0.717) is 0 Å². The van der Waals surface area contributed by atoms with Gasteiger partial charge in [0.1, 0.15) is 0 Å².